The Morgan fingerprint density at radius 2 is 2.05 bits per heavy atom. The molecule has 2 rings (SSSR count). The minimum absolute atomic E-state index is 0.349. The first-order valence-electron chi connectivity index (χ1n) is 6.43. The Kier molecular flexibility index (Phi) is 4.35. The Balaban J connectivity index is 2.44. The Bertz CT molecular complexity index is 661. The number of thiazole rings is 1. The molecule has 0 atom stereocenters. The Morgan fingerprint density at radius 3 is 2.60 bits per heavy atom. The average molecular weight is 306 g/mol. The zero-order valence-corrected chi connectivity index (χ0v) is 13.7. The lowest BCUT2D eigenvalue weighted by atomic mass is 10.1. The second kappa shape index (κ2) is 5.85. The fourth-order valence-electron chi connectivity index (χ4n) is 2.15. The van der Waals surface area contributed by atoms with Gasteiger partial charge < -0.3 is 11.1 Å². The van der Waals surface area contributed by atoms with E-state index in [0.29, 0.717) is 10.8 Å². The molecule has 0 aliphatic rings. The standard InChI is InChI=1S/C14H18N4S2/c1-5-10-9(4)20-14(17-10)18-13-11(12(15)19)7(2)6-8(3)16-13/h6H,5H2,1-4H3,(H2,15,19)(H,16,17,18). The highest BCUT2D eigenvalue weighted by Crippen LogP contribution is 2.27. The molecule has 3 N–H and O–H groups in total. The van der Waals surface area contributed by atoms with Crippen LogP contribution in [0.15, 0.2) is 6.07 Å². The lowest BCUT2D eigenvalue weighted by molar-refractivity contribution is 1.04. The van der Waals surface area contributed by atoms with E-state index in [1.165, 1.54) is 4.88 Å². The Labute approximate surface area is 128 Å². The highest BCUT2D eigenvalue weighted by atomic mass is 32.1. The van der Waals surface area contributed by atoms with E-state index in [0.717, 1.165) is 34.1 Å². The largest absolute Gasteiger partial charge is 0.389 e. The zero-order chi connectivity index (χ0) is 14.9. The van der Waals surface area contributed by atoms with E-state index < -0.39 is 0 Å². The molecule has 20 heavy (non-hydrogen) atoms. The summed E-state index contributed by atoms with van der Waals surface area (Å²) in [7, 11) is 0. The smallest absolute Gasteiger partial charge is 0.188 e. The molecule has 0 aromatic carbocycles. The summed E-state index contributed by atoms with van der Waals surface area (Å²) in [6, 6.07) is 1.98. The number of nitrogens with two attached hydrogens (primary N) is 1. The molecular weight excluding hydrogens is 288 g/mol. The molecule has 0 saturated carbocycles. The van der Waals surface area contributed by atoms with Crippen molar-refractivity contribution in [3.05, 3.63) is 33.5 Å². The van der Waals surface area contributed by atoms with Crippen molar-refractivity contribution in [3.8, 4) is 0 Å². The van der Waals surface area contributed by atoms with Crippen molar-refractivity contribution in [2.24, 2.45) is 5.73 Å². The van der Waals surface area contributed by atoms with E-state index in [-0.39, 0.29) is 0 Å². The third-order valence-electron chi connectivity index (χ3n) is 3.04. The first kappa shape index (κ1) is 14.9. The van der Waals surface area contributed by atoms with Crippen molar-refractivity contribution in [2.45, 2.75) is 34.1 Å². The van der Waals surface area contributed by atoms with Crippen LogP contribution in [0.3, 0.4) is 0 Å². The molecule has 0 fully saturated rings. The summed E-state index contributed by atoms with van der Waals surface area (Å²) in [5.41, 5.74) is 9.66. The lowest BCUT2D eigenvalue weighted by Gasteiger charge is -2.12. The zero-order valence-electron chi connectivity index (χ0n) is 12.1. The molecule has 0 spiro atoms. The van der Waals surface area contributed by atoms with Crippen LogP contribution in [0, 0.1) is 20.8 Å². The van der Waals surface area contributed by atoms with Gasteiger partial charge in [0.1, 0.15) is 10.8 Å². The molecule has 0 aliphatic heterocycles. The molecule has 2 aromatic rings. The molecule has 2 aromatic heterocycles. The maximum absolute atomic E-state index is 5.81. The molecule has 0 aliphatic carbocycles. The molecule has 6 heteroatoms. The highest BCUT2D eigenvalue weighted by molar-refractivity contribution is 7.80. The van der Waals surface area contributed by atoms with Crippen LogP contribution in [0.4, 0.5) is 10.9 Å². The van der Waals surface area contributed by atoms with Gasteiger partial charge in [0.2, 0.25) is 0 Å². The number of thiocarbonyl (C=S) groups is 1. The van der Waals surface area contributed by atoms with Crippen molar-refractivity contribution < 1.29 is 0 Å². The summed E-state index contributed by atoms with van der Waals surface area (Å²) in [4.78, 5) is 10.6. The normalized spacial score (nSPS) is 10.6. The monoisotopic (exact) mass is 306 g/mol. The molecule has 106 valence electrons. The van der Waals surface area contributed by atoms with Gasteiger partial charge in [0.15, 0.2) is 5.13 Å². The van der Waals surface area contributed by atoms with Gasteiger partial charge in [0.05, 0.1) is 11.3 Å². The van der Waals surface area contributed by atoms with Crippen LogP contribution < -0.4 is 11.1 Å². The van der Waals surface area contributed by atoms with Gasteiger partial charge in [-0.05, 0) is 38.8 Å². The van der Waals surface area contributed by atoms with Gasteiger partial charge in [-0.3, -0.25) is 0 Å². The van der Waals surface area contributed by atoms with Crippen LogP contribution in [0.2, 0.25) is 0 Å². The third-order valence-corrected chi connectivity index (χ3v) is 4.18. The van der Waals surface area contributed by atoms with E-state index in [4.69, 9.17) is 18.0 Å². The van der Waals surface area contributed by atoms with E-state index >= 15 is 0 Å². The van der Waals surface area contributed by atoms with Crippen molar-refractivity contribution in [3.63, 3.8) is 0 Å². The molecule has 0 unspecified atom stereocenters. The minimum Gasteiger partial charge on any atom is -0.389 e. The molecule has 0 amide bonds. The molecular formula is C14H18N4S2. The average Bonchev–Trinajstić information content (AvgIpc) is 2.67. The van der Waals surface area contributed by atoms with Crippen LogP contribution in [-0.2, 0) is 6.42 Å². The fourth-order valence-corrected chi connectivity index (χ4v) is 3.31. The van der Waals surface area contributed by atoms with Gasteiger partial charge in [-0.2, -0.15) is 0 Å². The molecule has 0 bridgehead atoms. The predicted molar refractivity (Wildman–Crippen MR) is 89.1 cm³/mol. The number of nitrogens with one attached hydrogen (secondary N) is 1. The third kappa shape index (κ3) is 2.96. The summed E-state index contributed by atoms with van der Waals surface area (Å²) >= 11 is 6.75. The lowest BCUT2D eigenvalue weighted by Crippen LogP contribution is -2.15. The van der Waals surface area contributed by atoms with Crippen LogP contribution >= 0.6 is 23.6 Å². The molecule has 4 nitrogen and oxygen atoms in total. The van der Waals surface area contributed by atoms with Crippen molar-refractivity contribution in [2.75, 3.05) is 5.32 Å². The minimum atomic E-state index is 0.349. The SMILES string of the molecule is CCc1nc(Nc2nc(C)cc(C)c2C(N)=S)sc1C. The summed E-state index contributed by atoms with van der Waals surface area (Å²) in [5.74, 6) is 0.686. The topological polar surface area (TPSA) is 63.8 Å². The summed E-state index contributed by atoms with van der Waals surface area (Å²) in [5, 5.41) is 4.09. The summed E-state index contributed by atoms with van der Waals surface area (Å²) < 4.78 is 0. The van der Waals surface area contributed by atoms with Crippen molar-refractivity contribution in [1.29, 1.82) is 0 Å². The number of rotatable bonds is 4. The van der Waals surface area contributed by atoms with Crippen molar-refractivity contribution in [1.82, 2.24) is 9.97 Å². The van der Waals surface area contributed by atoms with Gasteiger partial charge in [-0.25, -0.2) is 9.97 Å². The first-order chi connectivity index (χ1) is 9.42. The van der Waals surface area contributed by atoms with Crippen molar-refractivity contribution >= 4 is 39.5 Å². The quantitative estimate of drug-likeness (QED) is 0.848. The summed E-state index contributed by atoms with van der Waals surface area (Å²) in [6.45, 7) is 8.11. The molecule has 0 radical (unpaired) electrons. The number of nitrogens with zero attached hydrogens (tertiary/aromatic N) is 2. The van der Waals surface area contributed by atoms with Crippen LogP contribution in [0.5, 0.6) is 0 Å². The highest BCUT2D eigenvalue weighted by Gasteiger charge is 2.14. The maximum atomic E-state index is 5.81. The van der Waals surface area contributed by atoms with Crippen LogP contribution in [0.1, 0.15) is 34.3 Å². The van der Waals surface area contributed by atoms with Crippen LogP contribution in [0.25, 0.3) is 0 Å². The number of pyridine rings is 1. The van der Waals surface area contributed by atoms with Gasteiger partial charge in [-0.1, -0.05) is 19.1 Å². The van der Waals surface area contributed by atoms with E-state index in [1.807, 2.05) is 19.9 Å². The van der Waals surface area contributed by atoms with E-state index in [9.17, 15) is 0 Å². The Morgan fingerprint density at radius 1 is 1.35 bits per heavy atom. The number of anilines is 2. The van der Waals surface area contributed by atoms with Crippen LogP contribution in [-0.4, -0.2) is 15.0 Å². The summed E-state index contributed by atoms with van der Waals surface area (Å²) in [6.07, 6.45) is 0.923. The second-order valence-corrected chi connectivity index (χ2v) is 6.31. The van der Waals surface area contributed by atoms with Gasteiger partial charge in [0, 0.05) is 10.6 Å². The first-order valence-corrected chi connectivity index (χ1v) is 7.66. The van der Waals surface area contributed by atoms with Gasteiger partial charge in [-0.15, -0.1) is 11.3 Å². The van der Waals surface area contributed by atoms with Gasteiger partial charge in [0.25, 0.3) is 0 Å². The van der Waals surface area contributed by atoms with Gasteiger partial charge >= 0.3 is 0 Å². The predicted octanol–water partition coefficient (Wildman–Crippen LogP) is 3.40. The molecule has 0 saturated heterocycles. The second-order valence-electron chi connectivity index (χ2n) is 4.67. The number of aromatic nitrogens is 2. The fraction of sp³-hybridized carbons (Fsp3) is 0.357. The van der Waals surface area contributed by atoms with E-state index in [2.05, 4.69) is 29.1 Å². The Hall–Kier alpha value is -1.53. The molecule has 2 heterocycles. The number of aryl methyl sites for hydroxylation is 4. The number of hydrogen-bond acceptors (Lipinski definition) is 5. The van der Waals surface area contributed by atoms with E-state index in [1.54, 1.807) is 11.3 Å². The number of hydrogen-bond donors (Lipinski definition) is 2. The maximum Gasteiger partial charge on any atom is 0.188 e.